The highest BCUT2D eigenvalue weighted by Gasteiger charge is 2.58. The Morgan fingerprint density at radius 3 is 2.00 bits per heavy atom. The molecule has 2 aliphatic carbocycles. The molecule has 1 amide bonds. The molecule has 4 heterocycles. The molecule has 4 fully saturated rings. The molecule has 2 aromatic rings. The number of ether oxygens (including phenoxy) is 3. The first-order chi connectivity index (χ1) is 22.6. The summed E-state index contributed by atoms with van der Waals surface area (Å²) in [6.45, 7) is 7.15. The summed E-state index contributed by atoms with van der Waals surface area (Å²) in [4.78, 5) is 38.8. The minimum absolute atomic E-state index is 0.242. The molecule has 0 aromatic carbocycles. The quantitative estimate of drug-likeness (QED) is 0.319. The Hall–Kier alpha value is -3.24. The lowest BCUT2D eigenvalue weighted by molar-refractivity contribution is -0.159. The van der Waals surface area contributed by atoms with E-state index in [4.69, 9.17) is 19.2 Å². The van der Waals surface area contributed by atoms with Gasteiger partial charge in [-0.15, -0.1) is 0 Å². The predicted octanol–water partition coefficient (Wildman–Crippen LogP) is 5.63. The van der Waals surface area contributed by atoms with Crippen molar-refractivity contribution in [1.29, 1.82) is 0 Å². The van der Waals surface area contributed by atoms with E-state index in [2.05, 4.69) is 43.2 Å². The second-order valence-corrected chi connectivity index (χ2v) is 15.1. The molecular formula is C37H52N4O6. The van der Waals surface area contributed by atoms with Crippen molar-refractivity contribution in [2.45, 2.75) is 128 Å². The van der Waals surface area contributed by atoms with Gasteiger partial charge in [-0.25, -0.2) is 14.8 Å². The summed E-state index contributed by atoms with van der Waals surface area (Å²) in [6, 6.07) is 2.46. The molecule has 2 aromatic heterocycles. The third-order valence-electron chi connectivity index (χ3n) is 11.2. The van der Waals surface area contributed by atoms with Crippen molar-refractivity contribution in [2.24, 2.45) is 11.3 Å². The van der Waals surface area contributed by atoms with Gasteiger partial charge in [-0.05, 0) is 91.9 Å². The second kappa shape index (κ2) is 14.1. The number of carbonyl (C=O) groups is 2. The molecule has 10 heteroatoms. The number of likely N-dealkylation sites (tertiary alicyclic amines) is 1. The first kappa shape index (κ1) is 33.7. The molecule has 47 heavy (non-hydrogen) atoms. The lowest BCUT2D eigenvalue weighted by Gasteiger charge is -2.36. The van der Waals surface area contributed by atoms with Crippen LogP contribution in [-0.2, 0) is 27.3 Å². The number of amides is 1. The minimum Gasteiger partial charge on any atom is -0.481 e. The minimum atomic E-state index is -1.04. The third-order valence-corrected chi connectivity index (χ3v) is 11.2. The third kappa shape index (κ3) is 6.86. The van der Waals surface area contributed by atoms with Crippen LogP contribution in [-0.4, -0.2) is 76.9 Å². The van der Waals surface area contributed by atoms with Gasteiger partial charge in [0.1, 0.15) is 12.1 Å². The molecule has 6 rings (SSSR count). The molecule has 0 unspecified atom stereocenters. The molecule has 4 aliphatic rings. The average Bonchev–Trinajstić information content (AvgIpc) is 3.33. The Morgan fingerprint density at radius 1 is 0.915 bits per heavy atom. The fraction of sp³-hybridized carbons (Fsp3) is 0.676. The summed E-state index contributed by atoms with van der Waals surface area (Å²) in [7, 11) is 3.25. The number of methoxy groups -OCH3 is 2. The summed E-state index contributed by atoms with van der Waals surface area (Å²) in [5.41, 5.74) is 3.76. The second-order valence-electron chi connectivity index (χ2n) is 15.1. The highest BCUT2D eigenvalue weighted by molar-refractivity contribution is 5.88. The lowest BCUT2D eigenvalue weighted by Crippen LogP contribution is -2.53. The van der Waals surface area contributed by atoms with Crippen molar-refractivity contribution in [1.82, 2.24) is 20.2 Å². The van der Waals surface area contributed by atoms with E-state index in [1.807, 2.05) is 12.4 Å². The van der Waals surface area contributed by atoms with Gasteiger partial charge in [0, 0.05) is 48.6 Å². The van der Waals surface area contributed by atoms with E-state index < -0.39 is 35.5 Å². The Labute approximate surface area is 279 Å². The van der Waals surface area contributed by atoms with Gasteiger partial charge in [0.2, 0.25) is 11.8 Å². The highest BCUT2D eigenvalue weighted by Crippen LogP contribution is 2.45. The first-order valence-corrected chi connectivity index (χ1v) is 17.6. The Morgan fingerprint density at radius 2 is 1.51 bits per heavy atom. The number of rotatable bonds is 11. The van der Waals surface area contributed by atoms with E-state index >= 15 is 0 Å². The molecule has 10 nitrogen and oxygen atoms in total. The fourth-order valence-corrected chi connectivity index (χ4v) is 8.22. The molecule has 2 aliphatic heterocycles. The van der Waals surface area contributed by atoms with Crippen LogP contribution in [0.2, 0.25) is 0 Å². The number of nitrogens with zero attached hydrogens (tertiary/aromatic N) is 3. The van der Waals surface area contributed by atoms with E-state index in [0.717, 1.165) is 49.7 Å². The van der Waals surface area contributed by atoms with E-state index in [1.165, 1.54) is 24.0 Å². The molecule has 2 saturated heterocycles. The van der Waals surface area contributed by atoms with Crippen LogP contribution in [0.5, 0.6) is 11.8 Å². The standard InChI is InChI=1S/C37H52N4O6/c1-37(2,3)30-31(38-21-27-17-26(23-12-9-13-23)20-40-34(27)46-5)28(18-24-16-25(22-10-8-11-22)19-39-33(24)45-4)41(32(30)36(43)44)35(42)29-14-6-7-15-47-29/h16-17,19-20,22-23,28-32,38H,6-15,18,21H2,1-5H3,(H,43,44)/t28-,29-,30-,31+,32-/m0/s1. The molecule has 2 saturated carbocycles. The summed E-state index contributed by atoms with van der Waals surface area (Å²) < 4.78 is 17.5. The van der Waals surface area contributed by atoms with Crippen LogP contribution in [0.15, 0.2) is 24.5 Å². The van der Waals surface area contributed by atoms with E-state index in [-0.39, 0.29) is 11.9 Å². The van der Waals surface area contributed by atoms with Crippen molar-refractivity contribution >= 4 is 11.9 Å². The normalized spacial score (nSPS) is 26.8. The van der Waals surface area contributed by atoms with Crippen LogP contribution < -0.4 is 14.8 Å². The molecule has 5 atom stereocenters. The maximum absolute atomic E-state index is 14.5. The van der Waals surface area contributed by atoms with Gasteiger partial charge in [0.05, 0.1) is 20.3 Å². The van der Waals surface area contributed by atoms with Crippen LogP contribution in [0.3, 0.4) is 0 Å². The lowest BCUT2D eigenvalue weighted by atomic mass is 9.72. The number of pyridine rings is 2. The van der Waals surface area contributed by atoms with E-state index in [0.29, 0.717) is 49.6 Å². The van der Waals surface area contributed by atoms with Crippen LogP contribution >= 0.6 is 0 Å². The molecule has 0 spiro atoms. The van der Waals surface area contributed by atoms with E-state index in [1.54, 1.807) is 19.1 Å². The van der Waals surface area contributed by atoms with Crippen molar-refractivity contribution in [2.75, 3.05) is 20.8 Å². The maximum Gasteiger partial charge on any atom is 0.326 e. The van der Waals surface area contributed by atoms with Gasteiger partial charge in [0.15, 0.2) is 0 Å². The van der Waals surface area contributed by atoms with Gasteiger partial charge in [-0.1, -0.05) is 33.6 Å². The molecular weight excluding hydrogens is 596 g/mol. The molecule has 0 bridgehead atoms. The zero-order valence-corrected chi connectivity index (χ0v) is 28.7. The van der Waals surface area contributed by atoms with Crippen molar-refractivity contribution in [3.05, 3.63) is 46.8 Å². The zero-order chi connectivity index (χ0) is 33.3. The van der Waals surface area contributed by atoms with E-state index in [9.17, 15) is 14.7 Å². The SMILES string of the molecule is COc1ncc(C2CCC2)cc1CN[C@H]1[C@H](C(C)(C)C)[C@@H](C(=O)O)N(C(=O)[C@@H]2CCCCO2)[C@H]1Cc1cc(C2CCC2)cnc1OC. The summed E-state index contributed by atoms with van der Waals surface area (Å²) in [5, 5.41) is 14.7. The van der Waals surface area contributed by atoms with Crippen LogP contribution in [0.1, 0.15) is 113 Å². The summed E-state index contributed by atoms with van der Waals surface area (Å²) in [6.07, 6.45) is 13.0. The number of nitrogens with one attached hydrogen (secondary N) is 1. The van der Waals surface area contributed by atoms with Gasteiger partial charge in [0.25, 0.3) is 5.91 Å². The smallest absolute Gasteiger partial charge is 0.326 e. The zero-order valence-electron chi connectivity index (χ0n) is 28.7. The number of hydrogen-bond donors (Lipinski definition) is 2. The maximum atomic E-state index is 14.5. The van der Waals surface area contributed by atoms with Crippen molar-refractivity contribution in [3.8, 4) is 11.8 Å². The number of carboxylic acid groups (broad SMARTS) is 1. The largest absolute Gasteiger partial charge is 0.481 e. The van der Waals surface area contributed by atoms with Crippen molar-refractivity contribution < 1.29 is 28.9 Å². The highest BCUT2D eigenvalue weighted by atomic mass is 16.5. The summed E-state index contributed by atoms with van der Waals surface area (Å²) >= 11 is 0. The molecule has 0 radical (unpaired) electrons. The monoisotopic (exact) mass is 648 g/mol. The topological polar surface area (TPSA) is 123 Å². The first-order valence-electron chi connectivity index (χ1n) is 17.6. The number of hydrogen-bond acceptors (Lipinski definition) is 8. The number of carboxylic acids is 1. The Kier molecular flexibility index (Phi) is 10.1. The molecule has 2 N–H and O–H groups in total. The number of carbonyl (C=O) groups excluding carboxylic acids is 1. The van der Waals surface area contributed by atoms with Crippen LogP contribution in [0.25, 0.3) is 0 Å². The van der Waals surface area contributed by atoms with Crippen LogP contribution in [0.4, 0.5) is 0 Å². The van der Waals surface area contributed by atoms with Crippen LogP contribution in [0, 0.1) is 11.3 Å². The van der Waals surface area contributed by atoms with Gasteiger partial charge in [-0.3, -0.25) is 4.79 Å². The fourth-order valence-electron chi connectivity index (χ4n) is 8.22. The Balaban J connectivity index is 1.41. The summed E-state index contributed by atoms with van der Waals surface area (Å²) in [5.74, 6) is 0.404. The predicted molar refractivity (Wildman–Crippen MR) is 178 cm³/mol. The average molecular weight is 649 g/mol. The number of aromatic nitrogens is 2. The van der Waals surface area contributed by atoms with Gasteiger partial charge in [-0.2, -0.15) is 0 Å². The Bertz CT molecular complexity index is 1430. The van der Waals surface area contributed by atoms with Gasteiger partial charge >= 0.3 is 5.97 Å². The van der Waals surface area contributed by atoms with Crippen molar-refractivity contribution in [3.63, 3.8) is 0 Å². The van der Waals surface area contributed by atoms with Gasteiger partial charge < -0.3 is 29.5 Å². The molecule has 256 valence electrons. The number of aliphatic carboxylic acids is 1.